The van der Waals surface area contributed by atoms with Crippen molar-refractivity contribution in [3.8, 4) is 0 Å². The lowest BCUT2D eigenvalue weighted by Crippen LogP contribution is -2.24. The zero-order chi connectivity index (χ0) is 20.7. The van der Waals surface area contributed by atoms with Gasteiger partial charge in [0.1, 0.15) is 0 Å². The lowest BCUT2D eigenvalue weighted by molar-refractivity contribution is -0.117. The van der Waals surface area contributed by atoms with Gasteiger partial charge in [-0.2, -0.15) is 0 Å². The fourth-order valence-corrected chi connectivity index (χ4v) is 4.22. The summed E-state index contributed by atoms with van der Waals surface area (Å²) in [5.74, 6) is -0.847. The van der Waals surface area contributed by atoms with Gasteiger partial charge in [0.05, 0.1) is 16.3 Å². The zero-order valence-corrected chi connectivity index (χ0v) is 17.3. The molecule has 0 spiro atoms. The van der Waals surface area contributed by atoms with E-state index >= 15 is 0 Å². The number of anilines is 1. The average molecular weight is 415 g/mol. The van der Waals surface area contributed by atoms with Crippen LogP contribution in [0, 0.1) is 13.8 Å². The molecule has 1 aromatic heterocycles. The number of ether oxygens (including phenoxy) is 1. The van der Waals surface area contributed by atoms with E-state index in [1.807, 2.05) is 19.9 Å². The molecular formula is C22H23ClN2O4. The van der Waals surface area contributed by atoms with E-state index in [4.69, 9.17) is 16.3 Å². The number of benzene rings is 1. The van der Waals surface area contributed by atoms with Crippen LogP contribution in [0.3, 0.4) is 0 Å². The van der Waals surface area contributed by atoms with Crippen molar-refractivity contribution in [3.63, 3.8) is 0 Å². The average Bonchev–Trinajstić information content (AvgIpc) is 3.36. The van der Waals surface area contributed by atoms with Crippen molar-refractivity contribution in [1.82, 2.24) is 4.57 Å². The van der Waals surface area contributed by atoms with E-state index in [2.05, 4.69) is 4.57 Å². The minimum atomic E-state index is -0.612. The molecule has 2 aliphatic rings. The van der Waals surface area contributed by atoms with Gasteiger partial charge in [-0.1, -0.05) is 11.6 Å². The van der Waals surface area contributed by atoms with Gasteiger partial charge in [-0.15, -0.1) is 0 Å². The lowest BCUT2D eigenvalue weighted by atomic mass is 10.1. The maximum Gasteiger partial charge on any atom is 0.338 e. The molecule has 29 heavy (non-hydrogen) atoms. The highest BCUT2D eigenvalue weighted by Gasteiger charge is 2.29. The van der Waals surface area contributed by atoms with Crippen LogP contribution < -0.4 is 4.90 Å². The number of carbonyl (C=O) groups excluding carboxylic acids is 3. The van der Waals surface area contributed by atoms with Crippen molar-refractivity contribution in [2.45, 2.75) is 45.6 Å². The number of halogens is 1. The van der Waals surface area contributed by atoms with E-state index in [1.165, 1.54) is 6.07 Å². The Kier molecular flexibility index (Phi) is 5.21. The summed E-state index contributed by atoms with van der Waals surface area (Å²) in [7, 11) is 0. The molecule has 1 aliphatic carbocycles. The molecule has 1 amide bonds. The van der Waals surface area contributed by atoms with E-state index in [1.54, 1.807) is 17.0 Å². The molecule has 2 fully saturated rings. The summed E-state index contributed by atoms with van der Waals surface area (Å²) < 4.78 is 7.45. The van der Waals surface area contributed by atoms with Crippen LogP contribution in [0.1, 0.15) is 63.8 Å². The van der Waals surface area contributed by atoms with Gasteiger partial charge >= 0.3 is 5.97 Å². The van der Waals surface area contributed by atoms with Gasteiger partial charge in [-0.3, -0.25) is 9.59 Å². The summed E-state index contributed by atoms with van der Waals surface area (Å²) in [4.78, 5) is 38.7. The first-order valence-corrected chi connectivity index (χ1v) is 10.2. The van der Waals surface area contributed by atoms with E-state index in [-0.39, 0.29) is 23.9 Å². The first-order valence-electron chi connectivity index (χ1n) is 9.85. The van der Waals surface area contributed by atoms with Crippen molar-refractivity contribution in [2.24, 2.45) is 0 Å². The topological polar surface area (TPSA) is 68.6 Å². The predicted octanol–water partition coefficient (Wildman–Crippen LogP) is 4.26. The number of hydrogen-bond donors (Lipinski definition) is 0. The SMILES string of the molecule is Cc1cc(C(=O)COC(=O)c2ccc(Cl)c(N3CCCC3=O)c2)c(C)n1C1CC1. The number of carbonyl (C=O) groups is 3. The van der Waals surface area contributed by atoms with Gasteiger partial charge in [0.25, 0.3) is 0 Å². The minimum Gasteiger partial charge on any atom is -0.454 e. The maximum absolute atomic E-state index is 12.6. The third kappa shape index (κ3) is 3.81. The first kappa shape index (κ1) is 19.7. The molecule has 7 heteroatoms. The summed E-state index contributed by atoms with van der Waals surface area (Å²) >= 11 is 6.22. The highest BCUT2D eigenvalue weighted by molar-refractivity contribution is 6.34. The Morgan fingerprint density at radius 1 is 1.21 bits per heavy atom. The van der Waals surface area contributed by atoms with Crippen LogP contribution >= 0.6 is 11.6 Å². The number of esters is 1. The normalized spacial score (nSPS) is 16.4. The number of ketones is 1. The molecular weight excluding hydrogens is 392 g/mol. The highest BCUT2D eigenvalue weighted by atomic mass is 35.5. The molecule has 152 valence electrons. The number of nitrogens with zero attached hydrogens (tertiary/aromatic N) is 2. The summed E-state index contributed by atoms with van der Waals surface area (Å²) in [5, 5.41) is 0.403. The highest BCUT2D eigenvalue weighted by Crippen LogP contribution is 2.38. The standard InChI is InChI=1S/C22H23ClN2O4/c1-13-10-17(14(2)25(13)16-6-7-16)20(26)12-29-22(28)15-5-8-18(23)19(11-15)24-9-3-4-21(24)27/h5,8,10-11,16H,3-4,6-7,9,12H2,1-2H3. The molecule has 1 aliphatic heterocycles. The van der Waals surface area contributed by atoms with Crippen molar-refractivity contribution in [3.05, 3.63) is 51.8 Å². The quantitative estimate of drug-likeness (QED) is 0.523. The van der Waals surface area contributed by atoms with Gasteiger partial charge in [-0.05, 0) is 57.4 Å². The maximum atomic E-state index is 12.6. The molecule has 6 nitrogen and oxygen atoms in total. The van der Waals surface area contributed by atoms with E-state index in [0.717, 1.165) is 30.7 Å². The second kappa shape index (κ2) is 7.67. The molecule has 0 bridgehead atoms. The van der Waals surface area contributed by atoms with E-state index < -0.39 is 5.97 Å². The van der Waals surface area contributed by atoms with Crippen molar-refractivity contribution < 1.29 is 19.1 Å². The van der Waals surface area contributed by atoms with Gasteiger partial charge in [0.15, 0.2) is 6.61 Å². The Morgan fingerprint density at radius 3 is 2.62 bits per heavy atom. The fourth-order valence-electron chi connectivity index (χ4n) is 4.00. The van der Waals surface area contributed by atoms with Crippen LogP contribution in [0.25, 0.3) is 0 Å². The largest absolute Gasteiger partial charge is 0.454 e. The Hall–Kier alpha value is -2.60. The third-order valence-electron chi connectivity index (χ3n) is 5.58. The van der Waals surface area contributed by atoms with Gasteiger partial charge < -0.3 is 14.2 Å². The number of hydrogen-bond acceptors (Lipinski definition) is 4. The van der Waals surface area contributed by atoms with Crippen LogP contribution in [-0.2, 0) is 9.53 Å². The van der Waals surface area contributed by atoms with Gasteiger partial charge in [-0.25, -0.2) is 4.79 Å². The molecule has 4 rings (SSSR count). The van der Waals surface area contributed by atoms with Crippen LogP contribution in [0.2, 0.25) is 5.02 Å². The number of rotatable bonds is 6. The predicted molar refractivity (Wildman–Crippen MR) is 110 cm³/mol. The monoisotopic (exact) mass is 414 g/mol. The minimum absolute atomic E-state index is 0.0152. The second-order valence-electron chi connectivity index (χ2n) is 7.70. The molecule has 1 aromatic carbocycles. The molecule has 1 saturated carbocycles. The molecule has 0 unspecified atom stereocenters. The van der Waals surface area contributed by atoms with E-state index in [0.29, 0.717) is 35.3 Å². The van der Waals surface area contributed by atoms with Gasteiger partial charge in [0.2, 0.25) is 11.7 Å². The summed E-state index contributed by atoms with van der Waals surface area (Å²) in [5.41, 5.74) is 3.34. The van der Waals surface area contributed by atoms with Crippen LogP contribution in [0.4, 0.5) is 5.69 Å². The smallest absolute Gasteiger partial charge is 0.338 e. The third-order valence-corrected chi connectivity index (χ3v) is 5.90. The Balaban J connectivity index is 1.45. The summed E-state index contributed by atoms with van der Waals surface area (Å²) in [6, 6.07) is 7.02. The molecule has 1 saturated heterocycles. The number of Topliss-reactive ketones (excluding diaryl/α,β-unsaturated/α-hetero) is 1. The Bertz CT molecular complexity index is 1010. The zero-order valence-electron chi connectivity index (χ0n) is 16.5. The first-order chi connectivity index (χ1) is 13.9. The Morgan fingerprint density at radius 2 is 1.97 bits per heavy atom. The summed E-state index contributed by atoms with van der Waals surface area (Å²) in [6.45, 7) is 4.17. The fraction of sp³-hybridized carbons (Fsp3) is 0.409. The molecule has 0 radical (unpaired) electrons. The molecule has 2 aromatic rings. The molecule has 2 heterocycles. The van der Waals surface area contributed by atoms with Crippen molar-refractivity contribution >= 4 is 34.9 Å². The molecule has 0 atom stereocenters. The van der Waals surface area contributed by atoms with Gasteiger partial charge in [0, 0.05) is 36.0 Å². The van der Waals surface area contributed by atoms with Crippen LogP contribution in [0.5, 0.6) is 0 Å². The van der Waals surface area contributed by atoms with Crippen molar-refractivity contribution in [1.29, 1.82) is 0 Å². The van der Waals surface area contributed by atoms with Crippen molar-refractivity contribution in [2.75, 3.05) is 18.1 Å². The second-order valence-corrected chi connectivity index (χ2v) is 8.11. The lowest BCUT2D eigenvalue weighted by Gasteiger charge is -2.18. The Labute approximate surface area is 174 Å². The number of aryl methyl sites for hydroxylation is 1. The number of aromatic nitrogens is 1. The summed E-state index contributed by atoms with van der Waals surface area (Å²) in [6.07, 6.45) is 3.51. The van der Waals surface area contributed by atoms with Crippen LogP contribution in [0.15, 0.2) is 24.3 Å². The molecule has 0 N–H and O–H groups in total. The van der Waals surface area contributed by atoms with E-state index in [9.17, 15) is 14.4 Å². The number of amides is 1. The van der Waals surface area contributed by atoms with Crippen LogP contribution in [-0.4, -0.2) is 35.4 Å².